The maximum Gasteiger partial charge on any atom is 0.410 e. The first-order valence-corrected chi connectivity index (χ1v) is 8.19. The van der Waals surface area contributed by atoms with Crippen LogP contribution in [-0.2, 0) is 9.53 Å². The van der Waals surface area contributed by atoms with Gasteiger partial charge >= 0.3 is 6.09 Å². The molecule has 2 amide bonds. The monoisotopic (exact) mass is 321 g/mol. The van der Waals surface area contributed by atoms with Crippen molar-refractivity contribution in [3.8, 4) is 0 Å². The van der Waals surface area contributed by atoms with Crippen LogP contribution < -0.4 is 0 Å². The van der Waals surface area contributed by atoms with Gasteiger partial charge in [0.25, 0.3) is 0 Å². The highest BCUT2D eigenvalue weighted by Crippen LogP contribution is 2.27. The molecule has 2 aliphatic rings. The molecule has 0 unspecified atom stereocenters. The van der Waals surface area contributed by atoms with E-state index in [-0.39, 0.29) is 11.9 Å². The van der Waals surface area contributed by atoms with Crippen LogP contribution >= 0.6 is 0 Å². The number of rotatable bonds is 2. The lowest BCUT2D eigenvalue weighted by Gasteiger charge is -2.39. The average molecular weight is 321 g/mol. The van der Waals surface area contributed by atoms with E-state index in [9.17, 15) is 9.59 Å². The fraction of sp³-hybridized carbons (Fsp3) is 0.733. The van der Waals surface area contributed by atoms with E-state index in [4.69, 9.17) is 4.74 Å². The van der Waals surface area contributed by atoms with Crippen molar-refractivity contribution in [1.29, 1.82) is 0 Å². The van der Waals surface area contributed by atoms with E-state index >= 15 is 0 Å². The average Bonchev–Trinajstić information content (AvgIpc) is 3.15. The van der Waals surface area contributed by atoms with Gasteiger partial charge in [-0.2, -0.15) is 5.10 Å². The largest absolute Gasteiger partial charge is 0.453 e. The number of carbonyl (C=O) groups is 2. The highest BCUT2D eigenvalue weighted by molar-refractivity contribution is 5.86. The number of hydrogen-bond donors (Lipinski definition) is 1. The number of carbonyl (C=O) groups excluding carboxylic acids is 2. The highest BCUT2D eigenvalue weighted by atomic mass is 16.5. The van der Waals surface area contributed by atoms with Gasteiger partial charge in [-0.05, 0) is 32.1 Å². The molecule has 1 atom stereocenters. The molecule has 3 rings (SSSR count). The number of hydrogen-bond acceptors (Lipinski definition) is 5. The van der Waals surface area contributed by atoms with Crippen LogP contribution in [0.4, 0.5) is 4.79 Å². The molecular formula is C15H23N5O3. The minimum Gasteiger partial charge on any atom is -0.453 e. The second-order valence-electron chi connectivity index (χ2n) is 6.15. The third-order valence-electron chi connectivity index (χ3n) is 4.82. The molecule has 0 bridgehead atoms. The third-order valence-corrected chi connectivity index (χ3v) is 4.82. The summed E-state index contributed by atoms with van der Waals surface area (Å²) in [6.45, 7) is 1.98. The zero-order valence-electron chi connectivity index (χ0n) is 13.4. The number of nitrogens with one attached hydrogen (secondary N) is 1. The summed E-state index contributed by atoms with van der Waals surface area (Å²) in [5.74, 6) is 1.27. The SMILES string of the molecule is COC(=O)N1CCCC[C@@H]1C(=O)N1CCC(c2ncn[nH]2)CC1. The van der Waals surface area contributed by atoms with Gasteiger partial charge in [-0.1, -0.05) is 0 Å². The number of likely N-dealkylation sites (tertiary alicyclic amines) is 2. The van der Waals surface area contributed by atoms with Gasteiger partial charge in [0.2, 0.25) is 5.91 Å². The van der Waals surface area contributed by atoms with Gasteiger partial charge in [-0.25, -0.2) is 9.78 Å². The zero-order valence-corrected chi connectivity index (χ0v) is 13.4. The molecule has 0 aliphatic carbocycles. The summed E-state index contributed by atoms with van der Waals surface area (Å²) in [7, 11) is 1.36. The first-order valence-electron chi connectivity index (χ1n) is 8.19. The van der Waals surface area contributed by atoms with Gasteiger partial charge in [-0.15, -0.1) is 0 Å². The Bertz CT molecular complexity index is 539. The van der Waals surface area contributed by atoms with E-state index in [1.165, 1.54) is 13.4 Å². The van der Waals surface area contributed by atoms with E-state index < -0.39 is 6.09 Å². The van der Waals surface area contributed by atoms with E-state index in [0.717, 1.165) is 37.9 Å². The second kappa shape index (κ2) is 6.97. The number of nitrogens with zero attached hydrogens (tertiary/aromatic N) is 4. The van der Waals surface area contributed by atoms with Crippen LogP contribution in [0.25, 0.3) is 0 Å². The van der Waals surface area contributed by atoms with Crippen LogP contribution in [0.3, 0.4) is 0 Å². The van der Waals surface area contributed by atoms with E-state index in [1.54, 1.807) is 4.90 Å². The first kappa shape index (κ1) is 15.8. The van der Waals surface area contributed by atoms with E-state index in [2.05, 4.69) is 15.2 Å². The number of methoxy groups -OCH3 is 1. The first-order chi connectivity index (χ1) is 11.2. The normalized spacial score (nSPS) is 22.9. The van der Waals surface area contributed by atoms with Gasteiger partial charge < -0.3 is 9.64 Å². The summed E-state index contributed by atoms with van der Waals surface area (Å²) in [6.07, 6.45) is 5.46. The summed E-state index contributed by atoms with van der Waals surface area (Å²) < 4.78 is 4.82. The maximum atomic E-state index is 12.8. The Balaban J connectivity index is 1.60. The highest BCUT2D eigenvalue weighted by Gasteiger charge is 2.36. The van der Waals surface area contributed by atoms with Crippen molar-refractivity contribution < 1.29 is 14.3 Å². The fourth-order valence-electron chi connectivity index (χ4n) is 3.52. The Labute approximate surface area is 135 Å². The molecule has 1 aromatic heterocycles. The predicted octanol–water partition coefficient (Wildman–Crippen LogP) is 1.13. The summed E-state index contributed by atoms with van der Waals surface area (Å²) in [5, 5.41) is 6.80. The van der Waals surface area contributed by atoms with Crippen molar-refractivity contribution in [2.24, 2.45) is 0 Å². The van der Waals surface area contributed by atoms with Crippen LogP contribution in [0.15, 0.2) is 6.33 Å². The minimum atomic E-state index is -0.403. The zero-order chi connectivity index (χ0) is 16.2. The summed E-state index contributed by atoms with van der Waals surface area (Å²) in [4.78, 5) is 32.4. The molecule has 8 nitrogen and oxygen atoms in total. The topological polar surface area (TPSA) is 91.4 Å². The van der Waals surface area contributed by atoms with Crippen LogP contribution in [0.5, 0.6) is 0 Å². The van der Waals surface area contributed by atoms with Crippen LogP contribution in [0.1, 0.15) is 43.8 Å². The lowest BCUT2D eigenvalue weighted by atomic mass is 9.94. The molecule has 8 heteroatoms. The molecule has 0 aromatic carbocycles. The Hall–Kier alpha value is -2.12. The molecule has 0 saturated carbocycles. The number of aromatic nitrogens is 3. The smallest absolute Gasteiger partial charge is 0.410 e. The van der Waals surface area contributed by atoms with Crippen molar-refractivity contribution in [1.82, 2.24) is 25.0 Å². The fourth-order valence-corrected chi connectivity index (χ4v) is 3.52. The number of H-pyrrole nitrogens is 1. The quantitative estimate of drug-likeness (QED) is 0.881. The van der Waals surface area contributed by atoms with Crippen molar-refractivity contribution in [3.05, 3.63) is 12.2 Å². The van der Waals surface area contributed by atoms with Crippen molar-refractivity contribution >= 4 is 12.0 Å². The molecule has 3 heterocycles. The minimum absolute atomic E-state index is 0.0473. The Morgan fingerprint density at radius 2 is 2.00 bits per heavy atom. The molecule has 2 saturated heterocycles. The van der Waals surface area contributed by atoms with E-state index in [0.29, 0.717) is 25.6 Å². The molecule has 126 valence electrons. The molecule has 1 aromatic rings. The van der Waals surface area contributed by atoms with Crippen molar-refractivity contribution in [2.45, 2.75) is 44.1 Å². The van der Waals surface area contributed by atoms with Gasteiger partial charge in [0.1, 0.15) is 18.2 Å². The summed E-state index contributed by atoms with van der Waals surface area (Å²) >= 11 is 0. The Morgan fingerprint density at radius 3 is 2.65 bits per heavy atom. The molecule has 23 heavy (non-hydrogen) atoms. The van der Waals surface area contributed by atoms with Gasteiger partial charge in [0, 0.05) is 25.6 Å². The van der Waals surface area contributed by atoms with Crippen LogP contribution in [0, 0.1) is 0 Å². The molecule has 2 aliphatic heterocycles. The summed E-state index contributed by atoms with van der Waals surface area (Å²) in [5.41, 5.74) is 0. The van der Waals surface area contributed by atoms with E-state index in [1.807, 2.05) is 4.90 Å². The van der Waals surface area contributed by atoms with Gasteiger partial charge in [-0.3, -0.25) is 14.8 Å². The number of amides is 2. The second-order valence-corrected chi connectivity index (χ2v) is 6.15. The van der Waals surface area contributed by atoms with Crippen molar-refractivity contribution in [2.75, 3.05) is 26.7 Å². The van der Waals surface area contributed by atoms with Crippen LogP contribution in [-0.4, -0.2) is 69.8 Å². The van der Waals surface area contributed by atoms with Crippen LogP contribution in [0.2, 0.25) is 0 Å². The Morgan fingerprint density at radius 1 is 1.22 bits per heavy atom. The number of ether oxygens (including phenoxy) is 1. The lowest BCUT2D eigenvalue weighted by Crippen LogP contribution is -2.54. The number of piperidine rings is 2. The predicted molar refractivity (Wildman–Crippen MR) is 81.7 cm³/mol. The Kier molecular flexibility index (Phi) is 4.78. The summed E-state index contributed by atoms with van der Waals surface area (Å²) in [6, 6.07) is -0.377. The third kappa shape index (κ3) is 3.30. The molecule has 0 spiro atoms. The standard InChI is InChI=1S/C15H23N5O3/c1-23-15(22)20-7-3-2-4-12(20)14(21)19-8-5-11(6-9-19)13-16-10-17-18-13/h10-12H,2-9H2,1H3,(H,16,17,18)/t12-/m1/s1. The number of aromatic amines is 1. The molecule has 2 fully saturated rings. The molecule has 1 N–H and O–H groups in total. The lowest BCUT2D eigenvalue weighted by molar-refractivity contribution is -0.138. The van der Waals surface area contributed by atoms with Crippen molar-refractivity contribution in [3.63, 3.8) is 0 Å². The van der Waals surface area contributed by atoms with Gasteiger partial charge in [0.15, 0.2) is 0 Å². The maximum absolute atomic E-state index is 12.8. The van der Waals surface area contributed by atoms with Gasteiger partial charge in [0.05, 0.1) is 7.11 Å². The molecule has 0 radical (unpaired) electrons. The molecular weight excluding hydrogens is 298 g/mol.